The molecule has 1 aliphatic heterocycles. The molecule has 8 heteroatoms. The number of hydrogen-bond acceptors (Lipinski definition) is 5. The third-order valence-electron chi connectivity index (χ3n) is 3.09. The number of nitrogens with zero attached hydrogens (tertiary/aromatic N) is 1. The molecule has 2 atom stereocenters. The number of hydrogen-bond donors (Lipinski definition) is 2. The summed E-state index contributed by atoms with van der Waals surface area (Å²) in [5.74, 6) is -0.0206. The quantitative estimate of drug-likeness (QED) is 0.876. The monoisotopic (exact) mass is 341 g/mol. The summed E-state index contributed by atoms with van der Waals surface area (Å²) in [5, 5.41) is 7.02. The summed E-state index contributed by atoms with van der Waals surface area (Å²) in [6, 6.07) is -0.263. The summed E-state index contributed by atoms with van der Waals surface area (Å²) < 4.78 is 5.45. The molecule has 1 aromatic heterocycles. The molecule has 116 valence electrons. The molecule has 2 rings (SSSR count). The highest BCUT2D eigenvalue weighted by atomic mass is 35.5. The lowest BCUT2D eigenvalue weighted by molar-refractivity contribution is -0.129. The number of thiazole rings is 1. The highest BCUT2D eigenvalue weighted by Crippen LogP contribution is 2.16. The van der Waals surface area contributed by atoms with E-state index in [-0.39, 0.29) is 42.9 Å². The normalized spacial score (nSPS) is 21.6. The fourth-order valence-corrected chi connectivity index (χ4v) is 2.79. The minimum Gasteiger partial charge on any atom is -0.375 e. The van der Waals surface area contributed by atoms with E-state index < -0.39 is 0 Å². The van der Waals surface area contributed by atoms with E-state index in [0.717, 1.165) is 17.2 Å². The van der Waals surface area contributed by atoms with Crippen LogP contribution < -0.4 is 10.6 Å². The number of nitrogens with one attached hydrogen (secondary N) is 2. The topological polar surface area (TPSA) is 63.2 Å². The number of rotatable bonds is 3. The van der Waals surface area contributed by atoms with Gasteiger partial charge < -0.3 is 15.4 Å². The van der Waals surface area contributed by atoms with Gasteiger partial charge in [-0.3, -0.25) is 4.79 Å². The van der Waals surface area contributed by atoms with E-state index in [1.54, 1.807) is 11.3 Å². The van der Waals surface area contributed by atoms with Gasteiger partial charge in [0.1, 0.15) is 11.0 Å². The van der Waals surface area contributed by atoms with E-state index in [9.17, 15) is 4.79 Å². The third-order valence-corrected chi connectivity index (χ3v) is 4.16. The average molecular weight is 342 g/mol. The Hall–Kier alpha value is -0.400. The summed E-state index contributed by atoms with van der Waals surface area (Å²) >= 11 is 1.63. The number of carbonyl (C=O) groups is 1. The summed E-state index contributed by atoms with van der Waals surface area (Å²) in [7, 11) is 0. The number of aromatic nitrogens is 1. The van der Waals surface area contributed by atoms with Crippen molar-refractivity contribution in [3.05, 3.63) is 15.6 Å². The first kappa shape index (κ1) is 19.6. The molecule has 1 amide bonds. The van der Waals surface area contributed by atoms with Crippen LogP contribution in [0.15, 0.2) is 0 Å². The Morgan fingerprint density at radius 3 is 2.75 bits per heavy atom. The van der Waals surface area contributed by atoms with Crippen molar-refractivity contribution in [1.29, 1.82) is 0 Å². The fraction of sp³-hybridized carbons (Fsp3) is 0.667. The molecule has 1 aliphatic rings. The van der Waals surface area contributed by atoms with Crippen LogP contribution in [0.5, 0.6) is 0 Å². The molecule has 0 saturated carbocycles. The van der Waals surface area contributed by atoms with E-state index in [0.29, 0.717) is 13.2 Å². The van der Waals surface area contributed by atoms with Gasteiger partial charge in [0, 0.05) is 11.4 Å². The highest BCUT2D eigenvalue weighted by Gasteiger charge is 2.28. The first-order valence-corrected chi connectivity index (χ1v) is 6.95. The maximum absolute atomic E-state index is 12.0. The highest BCUT2D eigenvalue weighted by molar-refractivity contribution is 7.11. The van der Waals surface area contributed by atoms with Gasteiger partial charge in [-0.25, -0.2) is 4.98 Å². The van der Waals surface area contributed by atoms with Crippen LogP contribution >= 0.6 is 36.2 Å². The van der Waals surface area contributed by atoms with E-state index in [1.165, 1.54) is 4.88 Å². The molecule has 20 heavy (non-hydrogen) atoms. The molecular weight excluding hydrogens is 321 g/mol. The van der Waals surface area contributed by atoms with Crippen LogP contribution in [0.25, 0.3) is 0 Å². The van der Waals surface area contributed by atoms with Crippen molar-refractivity contribution in [2.24, 2.45) is 0 Å². The van der Waals surface area contributed by atoms with Crippen LogP contribution in [0, 0.1) is 13.8 Å². The number of carbonyl (C=O) groups excluding carboxylic acids is 1. The minimum absolute atomic E-state index is 0. The zero-order valence-corrected chi connectivity index (χ0v) is 14.2. The SMILES string of the molecule is Cc1nc(CNC(=O)[C@H]2NCCO[C@@H]2C)sc1C.Cl.Cl. The van der Waals surface area contributed by atoms with Crippen molar-refractivity contribution < 1.29 is 9.53 Å². The lowest BCUT2D eigenvalue weighted by Gasteiger charge is -2.29. The van der Waals surface area contributed by atoms with E-state index in [2.05, 4.69) is 15.6 Å². The molecule has 1 saturated heterocycles. The second-order valence-corrected chi connectivity index (χ2v) is 5.76. The van der Waals surface area contributed by atoms with Crippen molar-refractivity contribution in [3.63, 3.8) is 0 Å². The molecule has 0 bridgehead atoms. The standard InChI is InChI=1S/C12H19N3O2S.2ClH/c1-7-9(3)18-10(15-7)6-14-12(16)11-8(2)17-5-4-13-11;;/h8,11,13H,4-6H2,1-3H3,(H,14,16);2*1H/t8-,11+;;/m1../s1. The van der Waals surface area contributed by atoms with Crippen LogP contribution in [0.1, 0.15) is 22.5 Å². The Morgan fingerprint density at radius 2 is 2.20 bits per heavy atom. The van der Waals surface area contributed by atoms with Gasteiger partial charge >= 0.3 is 0 Å². The Morgan fingerprint density at radius 1 is 1.50 bits per heavy atom. The van der Waals surface area contributed by atoms with Gasteiger partial charge in [-0.2, -0.15) is 0 Å². The molecule has 2 heterocycles. The van der Waals surface area contributed by atoms with Crippen molar-refractivity contribution >= 4 is 42.1 Å². The number of amides is 1. The molecule has 0 aliphatic carbocycles. The van der Waals surface area contributed by atoms with Gasteiger partial charge in [-0.15, -0.1) is 36.2 Å². The zero-order valence-electron chi connectivity index (χ0n) is 11.8. The minimum atomic E-state index is -0.263. The fourth-order valence-electron chi connectivity index (χ4n) is 1.91. The predicted octanol–water partition coefficient (Wildman–Crippen LogP) is 1.60. The summed E-state index contributed by atoms with van der Waals surface area (Å²) in [4.78, 5) is 17.6. The lowest BCUT2D eigenvalue weighted by Crippen LogP contribution is -2.55. The maximum atomic E-state index is 12.0. The van der Waals surface area contributed by atoms with Gasteiger partial charge in [0.25, 0.3) is 0 Å². The van der Waals surface area contributed by atoms with Crippen molar-refractivity contribution in [3.8, 4) is 0 Å². The molecule has 2 N–H and O–H groups in total. The Kier molecular flexibility index (Phi) is 8.62. The van der Waals surface area contributed by atoms with Crippen LogP contribution in [0.2, 0.25) is 0 Å². The zero-order chi connectivity index (χ0) is 13.1. The summed E-state index contributed by atoms with van der Waals surface area (Å²) in [5.41, 5.74) is 1.04. The Labute approximate surface area is 135 Å². The number of morpholine rings is 1. The van der Waals surface area contributed by atoms with E-state index >= 15 is 0 Å². The molecule has 0 aromatic carbocycles. The molecule has 1 aromatic rings. The molecule has 0 unspecified atom stereocenters. The maximum Gasteiger partial charge on any atom is 0.240 e. The first-order chi connectivity index (χ1) is 8.58. The summed E-state index contributed by atoms with van der Waals surface area (Å²) in [6.07, 6.45) is -0.0847. The molecule has 1 fully saturated rings. The van der Waals surface area contributed by atoms with Crippen molar-refractivity contribution in [2.75, 3.05) is 13.2 Å². The van der Waals surface area contributed by atoms with Crippen LogP contribution in [-0.2, 0) is 16.1 Å². The number of ether oxygens (including phenoxy) is 1. The molecule has 0 spiro atoms. The molecule has 5 nitrogen and oxygen atoms in total. The third kappa shape index (κ3) is 4.86. The first-order valence-electron chi connectivity index (χ1n) is 6.13. The van der Waals surface area contributed by atoms with E-state index in [1.807, 2.05) is 20.8 Å². The summed E-state index contributed by atoms with van der Waals surface area (Å²) in [6.45, 7) is 7.80. The number of halogens is 2. The molecule has 0 radical (unpaired) electrons. The predicted molar refractivity (Wildman–Crippen MR) is 85.1 cm³/mol. The van der Waals surface area contributed by atoms with Gasteiger partial charge in [0.2, 0.25) is 5.91 Å². The second kappa shape index (κ2) is 8.79. The van der Waals surface area contributed by atoms with Gasteiger partial charge in [0.15, 0.2) is 0 Å². The van der Waals surface area contributed by atoms with E-state index in [4.69, 9.17) is 4.74 Å². The smallest absolute Gasteiger partial charge is 0.240 e. The Balaban J connectivity index is 0.00000180. The van der Waals surface area contributed by atoms with Crippen LogP contribution in [0.4, 0.5) is 0 Å². The van der Waals surface area contributed by atoms with Crippen LogP contribution in [0.3, 0.4) is 0 Å². The average Bonchev–Trinajstić information content (AvgIpc) is 2.66. The van der Waals surface area contributed by atoms with Crippen LogP contribution in [-0.4, -0.2) is 36.2 Å². The van der Waals surface area contributed by atoms with Crippen molar-refractivity contribution in [1.82, 2.24) is 15.6 Å². The Bertz CT molecular complexity index is 423. The van der Waals surface area contributed by atoms with Gasteiger partial charge in [0.05, 0.1) is 24.9 Å². The molecular formula is C12H21Cl2N3O2S. The second-order valence-electron chi connectivity index (χ2n) is 4.47. The van der Waals surface area contributed by atoms with Crippen molar-refractivity contribution in [2.45, 2.75) is 39.5 Å². The lowest BCUT2D eigenvalue weighted by atomic mass is 10.1. The van der Waals surface area contributed by atoms with Gasteiger partial charge in [-0.1, -0.05) is 0 Å². The number of aryl methyl sites for hydroxylation is 2. The largest absolute Gasteiger partial charge is 0.375 e. The van der Waals surface area contributed by atoms with Gasteiger partial charge in [-0.05, 0) is 20.8 Å².